The molecule has 35 heavy (non-hydrogen) atoms. The molecule has 5 rings (SSSR count). The lowest BCUT2D eigenvalue weighted by molar-refractivity contribution is -0.127. The Morgan fingerprint density at radius 1 is 1.09 bits per heavy atom. The number of nitrogens with two attached hydrogens (primary N) is 1. The van der Waals surface area contributed by atoms with Gasteiger partial charge in [0.1, 0.15) is 11.5 Å². The van der Waals surface area contributed by atoms with Crippen LogP contribution in [0.2, 0.25) is 0 Å². The Bertz CT molecular complexity index is 1390. The predicted octanol–water partition coefficient (Wildman–Crippen LogP) is 5.01. The van der Waals surface area contributed by atoms with E-state index in [2.05, 4.69) is 11.6 Å². The molecule has 0 bridgehead atoms. The first-order valence-corrected chi connectivity index (χ1v) is 11.6. The number of benzene rings is 2. The number of ether oxygens (including phenoxy) is 1. The molecule has 1 atom stereocenters. The maximum Gasteiger partial charge on any atom is 0.253 e. The number of hydrogen-bond acceptors (Lipinski definition) is 4. The van der Waals surface area contributed by atoms with Crippen molar-refractivity contribution >= 4 is 22.7 Å². The van der Waals surface area contributed by atoms with E-state index < -0.39 is 5.91 Å². The monoisotopic (exact) mass is 466 g/mol. The molecule has 0 spiro atoms. The van der Waals surface area contributed by atoms with Gasteiger partial charge in [-0.25, -0.2) is 0 Å². The molecule has 1 aliphatic rings. The molecule has 0 unspecified atom stereocenters. The summed E-state index contributed by atoms with van der Waals surface area (Å²) in [5, 5.41) is 0.851. The summed E-state index contributed by atoms with van der Waals surface area (Å²) >= 11 is 0. The fourth-order valence-corrected chi connectivity index (χ4v) is 4.74. The topological polar surface area (TPSA) is 101 Å². The lowest BCUT2D eigenvalue weighted by Gasteiger charge is -2.32. The van der Waals surface area contributed by atoms with Crippen LogP contribution in [0.5, 0.6) is 11.5 Å². The van der Waals surface area contributed by atoms with Crippen molar-refractivity contribution in [1.82, 2.24) is 14.9 Å². The Morgan fingerprint density at radius 3 is 2.54 bits per heavy atom. The number of nitrogens with one attached hydrogen (secondary N) is 1. The third-order valence-corrected chi connectivity index (χ3v) is 6.39. The molecule has 4 aromatic rings. The van der Waals surface area contributed by atoms with Crippen LogP contribution in [0.3, 0.4) is 0 Å². The number of pyridine rings is 1. The number of H-pyrrole nitrogens is 1. The van der Waals surface area contributed by atoms with Gasteiger partial charge in [-0.15, -0.1) is 0 Å². The molecular formula is C28H26N4O3. The first kappa shape index (κ1) is 22.4. The lowest BCUT2D eigenvalue weighted by atomic mass is 9.90. The van der Waals surface area contributed by atoms with Crippen molar-refractivity contribution in [1.29, 1.82) is 0 Å². The minimum atomic E-state index is -0.553. The first-order chi connectivity index (χ1) is 17.0. The number of amides is 2. The van der Waals surface area contributed by atoms with Gasteiger partial charge in [0, 0.05) is 36.2 Å². The Kier molecular flexibility index (Phi) is 6.06. The second-order valence-corrected chi connectivity index (χ2v) is 8.62. The van der Waals surface area contributed by atoms with Gasteiger partial charge in [0.2, 0.25) is 5.91 Å². The first-order valence-electron chi connectivity index (χ1n) is 11.6. The predicted molar refractivity (Wildman–Crippen MR) is 135 cm³/mol. The quantitative estimate of drug-likeness (QED) is 0.390. The van der Waals surface area contributed by atoms with Crippen LogP contribution >= 0.6 is 0 Å². The second kappa shape index (κ2) is 9.46. The van der Waals surface area contributed by atoms with Crippen molar-refractivity contribution in [3.63, 3.8) is 0 Å². The minimum absolute atomic E-state index is 0.0345. The zero-order valence-electron chi connectivity index (χ0n) is 19.2. The Labute approximate surface area is 203 Å². The number of para-hydroxylation sites is 1. The molecule has 3 heterocycles. The van der Waals surface area contributed by atoms with Crippen LogP contribution in [-0.2, 0) is 4.79 Å². The number of piperidine rings is 1. The van der Waals surface area contributed by atoms with Crippen LogP contribution in [0.25, 0.3) is 22.2 Å². The van der Waals surface area contributed by atoms with E-state index in [4.69, 9.17) is 15.5 Å². The maximum atomic E-state index is 12.6. The molecule has 1 fully saturated rings. The maximum absolute atomic E-state index is 12.6. The van der Waals surface area contributed by atoms with Crippen molar-refractivity contribution in [2.75, 3.05) is 13.1 Å². The molecule has 176 valence electrons. The summed E-state index contributed by atoms with van der Waals surface area (Å²) in [6.07, 6.45) is 4.91. The van der Waals surface area contributed by atoms with E-state index in [1.54, 1.807) is 11.1 Å². The van der Waals surface area contributed by atoms with Gasteiger partial charge >= 0.3 is 0 Å². The standard InChI is InChI=1S/C28H26N4O3/c1-2-23(33)32-16-6-7-19(17-32)25-22-14-15-30-27(22)24(28(29)34)26(31-25)18-10-12-21(13-11-18)35-20-8-4-3-5-9-20/h2-5,8-15,19,30H,1,6-7,16-17H2,(H2,29,34)/t19-/m1/s1. The van der Waals surface area contributed by atoms with Crippen LogP contribution in [0, 0.1) is 0 Å². The normalized spacial score (nSPS) is 15.7. The van der Waals surface area contributed by atoms with Gasteiger partial charge in [-0.05, 0) is 61.4 Å². The van der Waals surface area contributed by atoms with Gasteiger partial charge in [0.05, 0.1) is 22.5 Å². The highest BCUT2D eigenvalue weighted by molar-refractivity contribution is 6.10. The molecule has 1 aliphatic heterocycles. The Balaban J connectivity index is 1.56. The van der Waals surface area contributed by atoms with Crippen molar-refractivity contribution in [3.8, 4) is 22.8 Å². The SMILES string of the molecule is C=CC(=O)N1CCC[C@@H](c2nc(-c3ccc(Oc4ccccc4)cc3)c(C(N)=O)c3[nH]ccc23)C1. The Morgan fingerprint density at radius 2 is 1.83 bits per heavy atom. The summed E-state index contributed by atoms with van der Waals surface area (Å²) < 4.78 is 5.90. The van der Waals surface area contributed by atoms with Crippen LogP contribution in [0.4, 0.5) is 0 Å². The molecule has 7 heteroatoms. The summed E-state index contributed by atoms with van der Waals surface area (Å²) in [5.41, 5.74) is 8.96. The molecule has 0 saturated carbocycles. The third-order valence-electron chi connectivity index (χ3n) is 6.39. The molecule has 2 aromatic heterocycles. The third kappa shape index (κ3) is 4.40. The molecular weight excluding hydrogens is 440 g/mol. The van der Waals surface area contributed by atoms with Crippen LogP contribution in [0.1, 0.15) is 34.8 Å². The molecule has 2 aromatic carbocycles. The molecule has 1 saturated heterocycles. The van der Waals surface area contributed by atoms with Gasteiger partial charge in [-0.3, -0.25) is 14.6 Å². The van der Waals surface area contributed by atoms with Gasteiger partial charge in [0.25, 0.3) is 5.91 Å². The number of primary amides is 1. The number of carbonyl (C=O) groups is 2. The van der Waals surface area contributed by atoms with E-state index in [1.807, 2.05) is 60.7 Å². The van der Waals surface area contributed by atoms with E-state index in [0.717, 1.165) is 35.2 Å². The highest BCUT2D eigenvalue weighted by Crippen LogP contribution is 2.36. The number of aromatic amines is 1. The number of hydrogen-bond donors (Lipinski definition) is 2. The van der Waals surface area contributed by atoms with Crippen LogP contribution in [0.15, 0.2) is 79.5 Å². The summed E-state index contributed by atoms with van der Waals surface area (Å²) in [6.45, 7) is 4.87. The second-order valence-electron chi connectivity index (χ2n) is 8.62. The molecule has 7 nitrogen and oxygen atoms in total. The smallest absolute Gasteiger partial charge is 0.253 e. The highest BCUT2D eigenvalue weighted by Gasteiger charge is 2.29. The van der Waals surface area contributed by atoms with E-state index in [0.29, 0.717) is 35.6 Å². The zero-order valence-corrected chi connectivity index (χ0v) is 19.2. The fraction of sp³-hybridized carbons (Fsp3) is 0.179. The molecule has 0 radical (unpaired) electrons. The van der Waals surface area contributed by atoms with Gasteiger partial charge in [0.15, 0.2) is 0 Å². The van der Waals surface area contributed by atoms with Crippen LogP contribution in [-0.4, -0.2) is 39.8 Å². The number of likely N-dealkylation sites (tertiary alicyclic amines) is 1. The van der Waals surface area contributed by atoms with Crippen LogP contribution < -0.4 is 10.5 Å². The highest BCUT2D eigenvalue weighted by atomic mass is 16.5. The van der Waals surface area contributed by atoms with E-state index in [9.17, 15) is 9.59 Å². The zero-order chi connectivity index (χ0) is 24.4. The number of fused-ring (bicyclic) bond motifs is 1. The lowest BCUT2D eigenvalue weighted by Crippen LogP contribution is -2.38. The number of carbonyl (C=O) groups excluding carboxylic acids is 2. The summed E-state index contributed by atoms with van der Waals surface area (Å²) in [7, 11) is 0. The molecule has 0 aliphatic carbocycles. The van der Waals surface area contributed by atoms with Crippen molar-refractivity contribution in [2.24, 2.45) is 5.73 Å². The van der Waals surface area contributed by atoms with Gasteiger partial charge in [-0.1, -0.05) is 24.8 Å². The number of nitrogens with zero attached hydrogens (tertiary/aromatic N) is 2. The summed E-state index contributed by atoms with van der Waals surface area (Å²) in [6, 6.07) is 18.9. The van der Waals surface area contributed by atoms with Crippen molar-refractivity contribution in [3.05, 3.63) is 90.8 Å². The average Bonchev–Trinajstić information content (AvgIpc) is 3.38. The van der Waals surface area contributed by atoms with E-state index in [1.165, 1.54) is 6.08 Å². The summed E-state index contributed by atoms with van der Waals surface area (Å²) in [4.78, 5) is 34.8. The largest absolute Gasteiger partial charge is 0.457 e. The van der Waals surface area contributed by atoms with Crippen molar-refractivity contribution in [2.45, 2.75) is 18.8 Å². The van der Waals surface area contributed by atoms with E-state index in [-0.39, 0.29) is 11.8 Å². The number of aromatic nitrogens is 2. The van der Waals surface area contributed by atoms with Gasteiger partial charge < -0.3 is 20.4 Å². The molecule has 2 amide bonds. The fourth-order valence-electron chi connectivity index (χ4n) is 4.74. The van der Waals surface area contributed by atoms with Crippen molar-refractivity contribution < 1.29 is 14.3 Å². The van der Waals surface area contributed by atoms with Gasteiger partial charge in [-0.2, -0.15) is 0 Å². The summed E-state index contributed by atoms with van der Waals surface area (Å²) in [5.74, 6) is 0.813. The minimum Gasteiger partial charge on any atom is -0.457 e. The number of rotatable bonds is 6. The van der Waals surface area contributed by atoms with E-state index >= 15 is 0 Å². The Hall–Kier alpha value is -4.39. The average molecular weight is 467 g/mol. The molecule has 3 N–H and O–H groups in total.